The van der Waals surface area contributed by atoms with E-state index in [0.29, 0.717) is 12.1 Å². The van der Waals surface area contributed by atoms with Crippen molar-refractivity contribution < 1.29 is 4.74 Å². The van der Waals surface area contributed by atoms with Crippen molar-refractivity contribution in [3.63, 3.8) is 0 Å². The maximum Gasteiger partial charge on any atom is 0.137 e. The van der Waals surface area contributed by atoms with Gasteiger partial charge in [-0.2, -0.15) is 0 Å². The van der Waals surface area contributed by atoms with Gasteiger partial charge in [-0.1, -0.05) is 23.7 Å². The molecule has 3 atom stereocenters. The summed E-state index contributed by atoms with van der Waals surface area (Å²) in [5, 5.41) is 4.42. The van der Waals surface area contributed by atoms with Crippen molar-refractivity contribution in [2.24, 2.45) is 0 Å². The minimum Gasteiger partial charge on any atom is -0.357 e. The van der Waals surface area contributed by atoms with Crippen LogP contribution in [0.25, 0.3) is 0 Å². The number of ether oxygens (including phenoxy) is 1. The molecule has 0 amide bonds. The number of nitrogens with zero attached hydrogens (tertiary/aromatic N) is 3. The Morgan fingerprint density at radius 3 is 2.80 bits per heavy atom. The third-order valence-electron chi connectivity index (χ3n) is 5.18. The summed E-state index contributed by atoms with van der Waals surface area (Å²) in [7, 11) is 4.15. The molecule has 3 rings (SSSR count). The van der Waals surface area contributed by atoms with Crippen molar-refractivity contribution in [2.45, 2.75) is 31.7 Å². The molecule has 3 unspecified atom stereocenters. The Balaban J connectivity index is 1.69. The summed E-state index contributed by atoms with van der Waals surface area (Å²) < 4.78 is 6.32. The summed E-state index contributed by atoms with van der Waals surface area (Å²) in [6.07, 6.45) is 1.19. The minimum absolute atomic E-state index is 0.0124. The van der Waals surface area contributed by atoms with Crippen LogP contribution < -0.4 is 5.32 Å². The van der Waals surface area contributed by atoms with Crippen molar-refractivity contribution in [2.75, 3.05) is 53.5 Å². The Hall–Kier alpha value is -0.690. The van der Waals surface area contributed by atoms with Crippen LogP contribution in [-0.2, 0) is 4.74 Å². The fourth-order valence-electron chi connectivity index (χ4n) is 3.60. The second-order valence-electron chi connectivity index (χ2n) is 7.55. The van der Waals surface area contributed by atoms with E-state index >= 15 is 0 Å². The lowest BCUT2D eigenvalue weighted by Gasteiger charge is -2.29. The molecule has 0 spiro atoms. The quantitative estimate of drug-likeness (QED) is 0.834. The highest BCUT2D eigenvalue weighted by Gasteiger charge is 2.36. The summed E-state index contributed by atoms with van der Waals surface area (Å²) in [6.45, 7) is 8.13. The van der Waals surface area contributed by atoms with Crippen LogP contribution in [0.5, 0.6) is 0 Å². The zero-order valence-corrected chi connectivity index (χ0v) is 16.4. The van der Waals surface area contributed by atoms with E-state index in [1.165, 1.54) is 12.0 Å². The average molecular weight is 367 g/mol. The van der Waals surface area contributed by atoms with Crippen LogP contribution in [0, 0.1) is 0 Å². The van der Waals surface area contributed by atoms with Crippen molar-refractivity contribution >= 4 is 11.6 Å². The van der Waals surface area contributed by atoms with Crippen LogP contribution in [0.1, 0.15) is 25.1 Å². The van der Waals surface area contributed by atoms with Gasteiger partial charge in [0.1, 0.15) is 6.23 Å². The van der Waals surface area contributed by atoms with E-state index in [1.54, 1.807) is 0 Å². The van der Waals surface area contributed by atoms with E-state index in [2.05, 4.69) is 53.2 Å². The van der Waals surface area contributed by atoms with Crippen molar-refractivity contribution in [1.82, 2.24) is 20.0 Å². The minimum atomic E-state index is -0.0124. The molecule has 25 heavy (non-hydrogen) atoms. The second-order valence-corrected chi connectivity index (χ2v) is 7.99. The maximum atomic E-state index is 6.32. The van der Waals surface area contributed by atoms with Gasteiger partial charge in [0, 0.05) is 43.3 Å². The molecule has 0 bridgehead atoms. The SMILES string of the molecule is CC1CCN2CN(C(OCCN(C)C)c3ccc(Cl)cc3)CC2CN1. The highest BCUT2D eigenvalue weighted by molar-refractivity contribution is 6.30. The van der Waals surface area contributed by atoms with E-state index in [-0.39, 0.29) is 6.23 Å². The molecule has 2 heterocycles. The predicted octanol–water partition coefficient (Wildman–Crippen LogP) is 2.24. The number of benzene rings is 1. The van der Waals surface area contributed by atoms with Crippen LogP contribution in [0.4, 0.5) is 0 Å². The smallest absolute Gasteiger partial charge is 0.137 e. The lowest BCUT2D eigenvalue weighted by atomic mass is 10.1. The molecule has 2 aliphatic heterocycles. The highest BCUT2D eigenvalue weighted by atomic mass is 35.5. The van der Waals surface area contributed by atoms with E-state index in [9.17, 15) is 0 Å². The van der Waals surface area contributed by atoms with Crippen molar-refractivity contribution in [1.29, 1.82) is 0 Å². The number of halogens is 1. The molecular weight excluding hydrogens is 336 g/mol. The first kappa shape index (κ1) is 19.1. The molecule has 140 valence electrons. The summed E-state index contributed by atoms with van der Waals surface area (Å²) in [6, 6.07) is 9.27. The van der Waals surface area contributed by atoms with Gasteiger partial charge in [0.25, 0.3) is 0 Å². The van der Waals surface area contributed by atoms with Crippen LogP contribution in [0.2, 0.25) is 5.02 Å². The third-order valence-corrected chi connectivity index (χ3v) is 5.43. The van der Waals surface area contributed by atoms with E-state index < -0.39 is 0 Å². The summed E-state index contributed by atoms with van der Waals surface area (Å²) in [5.41, 5.74) is 1.18. The first-order valence-corrected chi connectivity index (χ1v) is 9.64. The van der Waals surface area contributed by atoms with Gasteiger partial charge in [-0.15, -0.1) is 0 Å². The zero-order chi connectivity index (χ0) is 17.8. The molecule has 1 aromatic rings. The summed E-state index contributed by atoms with van der Waals surface area (Å²) in [4.78, 5) is 7.21. The van der Waals surface area contributed by atoms with Gasteiger partial charge in [0.15, 0.2) is 0 Å². The number of hydrogen-bond acceptors (Lipinski definition) is 5. The van der Waals surface area contributed by atoms with E-state index in [0.717, 1.165) is 44.5 Å². The lowest BCUT2D eigenvalue weighted by molar-refractivity contribution is -0.0617. The van der Waals surface area contributed by atoms with Crippen molar-refractivity contribution in [3.8, 4) is 0 Å². The fraction of sp³-hybridized carbons (Fsp3) is 0.684. The van der Waals surface area contributed by atoms with Crippen LogP contribution in [0.3, 0.4) is 0 Å². The number of nitrogens with one attached hydrogen (secondary N) is 1. The van der Waals surface area contributed by atoms with E-state index in [1.807, 2.05) is 12.1 Å². The van der Waals surface area contributed by atoms with Gasteiger partial charge in [0.05, 0.1) is 13.3 Å². The first-order chi connectivity index (χ1) is 12.0. The largest absolute Gasteiger partial charge is 0.357 e. The first-order valence-electron chi connectivity index (χ1n) is 9.26. The number of likely N-dealkylation sites (N-methyl/N-ethyl adjacent to an activating group) is 1. The second kappa shape index (κ2) is 8.80. The average Bonchev–Trinajstić information content (AvgIpc) is 2.91. The Morgan fingerprint density at radius 2 is 2.08 bits per heavy atom. The van der Waals surface area contributed by atoms with Gasteiger partial charge >= 0.3 is 0 Å². The van der Waals surface area contributed by atoms with Crippen molar-refractivity contribution in [3.05, 3.63) is 34.9 Å². The maximum absolute atomic E-state index is 6.32. The summed E-state index contributed by atoms with van der Waals surface area (Å²) >= 11 is 6.08. The predicted molar refractivity (Wildman–Crippen MR) is 103 cm³/mol. The molecule has 2 fully saturated rings. The van der Waals surface area contributed by atoms with Gasteiger partial charge in [-0.05, 0) is 45.1 Å². The van der Waals surface area contributed by atoms with E-state index in [4.69, 9.17) is 16.3 Å². The molecular formula is C19H31ClN4O. The number of hydrogen-bond donors (Lipinski definition) is 1. The molecule has 0 saturated carbocycles. The fourth-order valence-corrected chi connectivity index (χ4v) is 3.72. The molecule has 5 nitrogen and oxygen atoms in total. The molecule has 2 aliphatic rings. The van der Waals surface area contributed by atoms with Crippen LogP contribution in [0.15, 0.2) is 24.3 Å². The van der Waals surface area contributed by atoms with Gasteiger partial charge in [-0.3, -0.25) is 9.80 Å². The normalized spacial score (nSPS) is 26.6. The summed E-state index contributed by atoms with van der Waals surface area (Å²) in [5.74, 6) is 0. The third kappa shape index (κ3) is 5.16. The number of rotatable bonds is 6. The Kier molecular flexibility index (Phi) is 6.72. The van der Waals surface area contributed by atoms with Crippen LogP contribution in [-0.4, -0.2) is 80.3 Å². The molecule has 2 saturated heterocycles. The molecule has 0 aromatic heterocycles. The molecule has 1 N–H and O–H groups in total. The molecule has 0 radical (unpaired) electrons. The highest BCUT2D eigenvalue weighted by Crippen LogP contribution is 2.29. The Morgan fingerprint density at radius 1 is 1.32 bits per heavy atom. The van der Waals surface area contributed by atoms with Gasteiger partial charge in [0.2, 0.25) is 0 Å². The monoisotopic (exact) mass is 366 g/mol. The lowest BCUT2D eigenvalue weighted by Crippen LogP contribution is -2.37. The Labute approximate surface area is 156 Å². The molecule has 6 heteroatoms. The Bertz CT molecular complexity index is 523. The number of fused-ring (bicyclic) bond motifs is 1. The zero-order valence-electron chi connectivity index (χ0n) is 15.6. The van der Waals surface area contributed by atoms with Crippen LogP contribution >= 0.6 is 11.6 Å². The van der Waals surface area contributed by atoms with Gasteiger partial charge < -0.3 is 15.0 Å². The standard InChI is InChI=1S/C19H31ClN4O/c1-15-8-9-23-14-24(13-18(23)12-21-15)19(25-11-10-22(2)3)16-4-6-17(20)7-5-16/h4-7,15,18-19,21H,8-14H2,1-3H3. The molecule has 0 aliphatic carbocycles. The molecule has 1 aromatic carbocycles. The van der Waals surface area contributed by atoms with Gasteiger partial charge in [-0.25, -0.2) is 0 Å². The topological polar surface area (TPSA) is 31.0 Å².